The molecule has 1 rings (SSSR count). The van der Waals surface area contributed by atoms with Crippen LogP contribution in [-0.4, -0.2) is 46.8 Å². The van der Waals surface area contributed by atoms with Crippen LogP contribution in [0.3, 0.4) is 0 Å². The number of hydrogen-bond donors (Lipinski definition) is 1. The number of rotatable bonds is 9. The Morgan fingerprint density at radius 3 is 2.46 bits per heavy atom. The van der Waals surface area contributed by atoms with Crippen LogP contribution < -0.4 is 0 Å². The lowest BCUT2D eigenvalue weighted by molar-refractivity contribution is -0.141. The normalized spacial score (nSPS) is 25.7. The molecule has 0 spiro atoms. The molecule has 0 aromatic carbocycles. The Balaban J connectivity index is 2.72. The van der Waals surface area contributed by atoms with Crippen molar-refractivity contribution >= 4 is 5.97 Å². The second-order valence-corrected chi connectivity index (χ2v) is 8.83. The maximum Gasteiger partial charge on any atom is 0.305 e. The molecule has 24 heavy (non-hydrogen) atoms. The summed E-state index contributed by atoms with van der Waals surface area (Å²) in [6.45, 7) is 12.1. The van der Waals surface area contributed by atoms with Crippen molar-refractivity contribution in [2.75, 3.05) is 13.7 Å². The molecule has 1 heterocycles. The minimum atomic E-state index is -0.481. The third-order valence-corrected chi connectivity index (χ3v) is 5.69. The summed E-state index contributed by atoms with van der Waals surface area (Å²) in [5, 5.41) is 10.5. The minimum absolute atomic E-state index is 0.0943. The number of likely N-dealkylation sites (tertiary alicyclic amines) is 1. The van der Waals surface area contributed by atoms with Crippen molar-refractivity contribution in [1.29, 1.82) is 0 Å². The third-order valence-electron chi connectivity index (χ3n) is 5.69. The Morgan fingerprint density at radius 1 is 1.21 bits per heavy atom. The molecule has 0 aromatic heterocycles. The van der Waals surface area contributed by atoms with Gasteiger partial charge >= 0.3 is 5.97 Å². The maximum atomic E-state index is 11.3. The molecular formula is C20H39NO3. The fourth-order valence-electron chi connectivity index (χ4n) is 4.21. The van der Waals surface area contributed by atoms with Crippen LogP contribution in [0.5, 0.6) is 0 Å². The van der Waals surface area contributed by atoms with Gasteiger partial charge in [0.1, 0.15) is 0 Å². The lowest BCUT2D eigenvalue weighted by Crippen LogP contribution is -2.61. The van der Waals surface area contributed by atoms with Crippen molar-refractivity contribution in [3.63, 3.8) is 0 Å². The monoisotopic (exact) mass is 341 g/mol. The van der Waals surface area contributed by atoms with Crippen LogP contribution in [0.15, 0.2) is 0 Å². The maximum absolute atomic E-state index is 11.3. The van der Waals surface area contributed by atoms with Gasteiger partial charge in [0.15, 0.2) is 0 Å². The fraction of sp³-hybridized carbons (Fsp3) is 0.950. The largest absolute Gasteiger partial charge is 0.469 e. The van der Waals surface area contributed by atoms with E-state index in [0.29, 0.717) is 13.0 Å². The van der Waals surface area contributed by atoms with Crippen molar-refractivity contribution < 1.29 is 14.6 Å². The van der Waals surface area contributed by atoms with E-state index in [1.54, 1.807) is 0 Å². The van der Waals surface area contributed by atoms with Crippen molar-refractivity contribution in [2.45, 2.75) is 103 Å². The summed E-state index contributed by atoms with van der Waals surface area (Å²) in [7, 11) is 1.40. The Kier molecular flexibility index (Phi) is 8.21. The van der Waals surface area contributed by atoms with Gasteiger partial charge in [0.25, 0.3) is 0 Å². The van der Waals surface area contributed by atoms with Crippen molar-refractivity contribution in [2.24, 2.45) is 5.92 Å². The van der Waals surface area contributed by atoms with Crippen LogP contribution in [0.25, 0.3) is 0 Å². The molecule has 1 aliphatic rings. The van der Waals surface area contributed by atoms with Crippen LogP contribution in [0.4, 0.5) is 0 Å². The zero-order valence-corrected chi connectivity index (χ0v) is 16.7. The van der Waals surface area contributed by atoms with Crippen molar-refractivity contribution in [1.82, 2.24) is 4.90 Å². The van der Waals surface area contributed by atoms with Crippen LogP contribution in [-0.2, 0) is 9.53 Å². The van der Waals surface area contributed by atoms with Crippen molar-refractivity contribution in [3.05, 3.63) is 0 Å². The number of methoxy groups -OCH3 is 1. The number of aliphatic hydroxyl groups excluding tert-OH is 1. The summed E-state index contributed by atoms with van der Waals surface area (Å²) in [5.41, 5.74) is 0.236. The first-order valence-electron chi connectivity index (χ1n) is 9.63. The molecule has 2 unspecified atom stereocenters. The van der Waals surface area contributed by atoms with Crippen LogP contribution in [0.2, 0.25) is 0 Å². The highest BCUT2D eigenvalue weighted by atomic mass is 16.5. The summed E-state index contributed by atoms with van der Waals surface area (Å²) in [4.78, 5) is 13.8. The molecule has 0 saturated carbocycles. The van der Waals surface area contributed by atoms with Gasteiger partial charge in [0, 0.05) is 24.0 Å². The van der Waals surface area contributed by atoms with Gasteiger partial charge in [-0.3, -0.25) is 9.69 Å². The third kappa shape index (κ3) is 6.36. The summed E-state index contributed by atoms with van der Waals surface area (Å²) in [5.74, 6) is 0.496. The first kappa shape index (κ1) is 21.4. The van der Waals surface area contributed by atoms with Gasteiger partial charge in [0.05, 0.1) is 13.2 Å². The number of carbonyl (C=O) groups excluding carboxylic acids is 1. The quantitative estimate of drug-likeness (QED) is 0.640. The van der Waals surface area contributed by atoms with Gasteiger partial charge in [-0.05, 0) is 58.8 Å². The van der Waals surface area contributed by atoms with E-state index >= 15 is 0 Å². The van der Waals surface area contributed by atoms with Gasteiger partial charge in [-0.15, -0.1) is 0 Å². The summed E-state index contributed by atoms with van der Waals surface area (Å²) >= 11 is 0. The minimum Gasteiger partial charge on any atom is -0.469 e. The van der Waals surface area contributed by atoms with Crippen LogP contribution in [0, 0.1) is 5.92 Å². The van der Waals surface area contributed by atoms with E-state index in [1.165, 1.54) is 39.2 Å². The Labute approximate surface area is 148 Å². The highest BCUT2D eigenvalue weighted by Gasteiger charge is 2.44. The number of piperidine rings is 1. The number of ether oxygens (including phenoxy) is 1. The molecular weight excluding hydrogens is 302 g/mol. The molecule has 0 amide bonds. The number of carbonyl (C=O) groups is 1. The van der Waals surface area contributed by atoms with Gasteiger partial charge in [0.2, 0.25) is 0 Å². The highest BCUT2D eigenvalue weighted by Crippen LogP contribution is 2.41. The molecule has 4 nitrogen and oxygen atoms in total. The topological polar surface area (TPSA) is 49.8 Å². The summed E-state index contributed by atoms with van der Waals surface area (Å²) in [6, 6.07) is 0. The first-order chi connectivity index (χ1) is 11.1. The molecule has 1 aliphatic heterocycles. The molecule has 1 fully saturated rings. The summed E-state index contributed by atoms with van der Waals surface area (Å²) < 4.78 is 4.68. The Bertz CT molecular complexity index is 394. The average Bonchev–Trinajstić information content (AvgIpc) is 2.48. The average molecular weight is 342 g/mol. The zero-order chi connectivity index (χ0) is 18.4. The zero-order valence-electron chi connectivity index (χ0n) is 16.7. The van der Waals surface area contributed by atoms with Gasteiger partial charge in [-0.1, -0.05) is 26.7 Å². The molecule has 142 valence electrons. The number of esters is 1. The molecule has 4 heteroatoms. The van der Waals surface area contributed by atoms with Gasteiger partial charge in [-0.25, -0.2) is 0 Å². The Morgan fingerprint density at radius 2 is 1.88 bits per heavy atom. The summed E-state index contributed by atoms with van der Waals surface area (Å²) in [6.07, 6.45) is 7.56. The second-order valence-electron chi connectivity index (χ2n) is 8.83. The van der Waals surface area contributed by atoms with Crippen LogP contribution >= 0.6 is 0 Å². The predicted octanol–water partition coefficient (Wildman–Crippen LogP) is 4.15. The lowest BCUT2D eigenvalue weighted by atomic mass is 9.75. The number of aliphatic hydroxyl groups is 1. The highest BCUT2D eigenvalue weighted by molar-refractivity contribution is 5.69. The number of hydrogen-bond acceptors (Lipinski definition) is 4. The molecule has 0 aromatic rings. The van der Waals surface area contributed by atoms with Crippen molar-refractivity contribution in [3.8, 4) is 0 Å². The van der Waals surface area contributed by atoms with Gasteiger partial charge < -0.3 is 9.84 Å². The number of nitrogens with zero attached hydrogens (tertiary/aromatic N) is 1. The van der Waals surface area contributed by atoms with Gasteiger partial charge in [-0.2, -0.15) is 0 Å². The smallest absolute Gasteiger partial charge is 0.305 e. The van der Waals surface area contributed by atoms with E-state index in [4.69, 9.17) is 0 Å². The fourth-order valence-corrected chi connectivity index (χ4v) is 4.21. The molecule has 1 saturated heterocycles. The van der Waals surface area contributed by atoms with E-state index in [2.05, 4.69) is 44.3 Å². The first-order valence-corrected chi connectivity index (χ1v) is 9.63. The standard InChI is InChI=1S/C20H39NO3/c1-16(2)9-7-13-20(5)14-8-12-19(3,4)21(20)15-17(22)10-11-18(23)24-6/h16-17,22H,7-15H2,1-6H3. The second kappa shape index (κ2) is 9.19. The lowest BCUT2D eigenvalue weighted by Gasteiger charge is -2.55. The predicted molar refractivity (Wildman–Crippen MR) is 99.0 cm³/mol. The van der Waals surface area contributed by atoms with E-state index in [1.807, 2.05) is 0 Å². The number of β-amino-alcohol motifs (C(OH)–C–C–N with tert-alkyl or cyclic N) is 1. The molecule has 0 radical (unpaired) electrons. The molecule has 0 aliphatic carbocycles. The SMILES string of the molecule is COC(=O)CCC(O)CN1C(C)(C)CCCC1(C)CCCC(C)C. The van der Waals surface area contributed by atoms with E-state index in [0.717, 1.165) is 12.3 Å². The molecule has 0 bridgehead atoms. The van der Waals surface area contributed by atoms with E-state index in [-0.39, 0.29) is 23.5 Å². The molecule has 2 atom stereocenters. The van der Waals surface area contributed by atoms with E-state index in [9.17, 15) is 9.90 Å². The van der Waals surface area contributed by atoms with Crippen LogP contribution in [0.1, 0.15) is 86.0 Å². The molecule has 1 N–H and O–H groups in total. The Hall–Kier alpha value is -0.610. The van der Waals surface area contributed by atoms with E-state index < -0.39 is 6.10 Å².